The number of nitrogens with zero attached hydrogens (tertiary/aromatic N) is 2. The number of halogens is 1. The van der Waals surface area contributed by atoms with Crippen LogP contribution in [0.3, 0.4) is 0 Å². The topological polar surface area (TPSA) is 77.1 Å². The zero-order chi connectivity index (χ0) is 21.1. The second-order valence-corrected chi connectivity index (χ2v) is 7.35. The van der Waals surface area contributed by atoms with Gasteiger partial charge in [-0.1, -0.05) is 22.0 Å². The minimum atomic E-state index is 0.0478. The first-order chi connectivity index (χ1) is 14.6. The molecule has 0 fully saturated rings. The molecule has 1 aromatic heterocycles. The number of benzene rings is 3. The second kappa shape index (κ2) is 8.59. The molecule has 0 aliphatic carbocycles. The second-order valence-electron chi connectivity index (χ2n) is 6.44. The lowest BCUT2D eigenvalue weighted by atomic mass is 10.2. The first-order valence-corrected chi connectivity index (χ1v) is 10.1. The Labute approximate surface area is 181 Å². The number of aromatic hydroxyl groups is 1. The van der Waals surface area contributed by atoms with E-state index in [0.29, 0.717) is 40.6 Å². The number of hydrogen-bond acceptors (Lipinski definition) is 6. The van der Waals surface area contributed by atoms with E-state index in [0.717, 1.165) is 15.8 Å². The van der Waals surface area contributed by atoms with Crippen LogP contribution in [0.4, 0.5) is 5.69 Å². The largest absolute Gasteiger partial charge is 0.504 e. The van der Waals surface area contributed by atoms with Crippen LogP contribution in [0.1, 0.15) is 12.5 Å². The third kappa shape index (κ3) is 4.16. The van der Waals surface area contributed by atoms with Gasteiger partial charge in [0.2, 0.25) is 5.89 Å². The van der Waals surface area contributed by atoms with E-state index in [2.05, 4.69) is 25.9 Å². The van der Waals surface area contributed by atoms with Crippen molar-refractivity contribution in [1.82, 2.24) is 4.98 Å². The van der Waals surface area contributed by atoms with Crippen LogP contribution >= 0.6 is 15.9 Å². The molecular weight excluding hydrogens is 448 g/mol. The van der Waals surface area contributed by atoms with Crippen molar-refractivity contribution in [3.05, 3.63) is 64.6 Å². The molecule has 7 heteroatoms. The lowest BCUT2D eigenvalue weighted by Crippen LogP contribution is -1.94. The van der Waals surface area contributed by atoms with Crippen molar-refractivity contribution in [2.24, 2.45) is 4.99 Å². The Morgan fingerprint density at radius 1 is 1.17 bits per heavy atom. The van der Waals surface area contributed by atoms with Crippen molar-refractivity contribution in [3.8, 4) is 28.7 Å². The number of methoxy groups -OCH3 is 1. The normalized spacial score (nSPS) is 11.3. The molecule has 0 aliphatic rings. The van der Waals surface area contributed by atoms with Crippen molar-refractivity contribution in [3.63, 3.8) is 0 Å². The van der Waals surface area contributed by atoms with Gasteiger partial charge in [0.05, 0.1) is 19.4 Å². The molecule has 4 aromatic rings. The highest BCUT2D eigenvalue weighted by molar-refractivity contribution is 9.10. The van der Waals surface area contributed by atoms with Gasteiger partial charge < -0.3 is 19.0 Å². The molecule has 3 aromatic carbocycles. The molecule has 0 unspecified atom stereocenters. The van der Waals surface area contributed by atoms with Gasteiger partial charge in [-0.3, -0.25) is 4.99 Å². The van der Waals surface area contributed by atoms with Gasteiger partial charge in [-0.25, -0.2) is 4.98 Å². The van der Waals surface area contributed by atoms with Crippen molar-refractivity contribution in [2.75, 3.05) is 13.7 Å². The molecule has 0 spiro atoms. The Morgan fingerprint density at radius 2 is 2.03 bits per heavy atom. The molecule has 1 N–H and O–H groups in total. The number of aromatic nitrogens is 1. The van der Waals surface area contributed by atoms with Crippen LogP contribution in [-0.4, -0.2) is 30.0 Å². The van der Waals surface area contributed by atoms with E-state index in [1.54, 1.807) is 25.5 Å². The third-order valence-electron chi connectivity index (χ3n) is 4.41. The van der Waals surface area contributed by atoms with Gasteiger partial charge in [-0.15, -0.1) is 0 Å². The van der Waals surface area contributed by atoms with E-state index in [9.17, 15) is 5.11 Å². The van der Waals surface area contributed by atoms with Gasteiger partial charge in [-0.2, -0.15) is 0 Å². The minimum absolute atomic E-state index is 0.0478. The maximum Gasteiger partial charge on any atom is 0.227 e. The number of hydrogen-bond donors (Lipinski definition) is 1. The van der Waals surface area contributed by atoms with E-state index in [1.807, 2.05) is 49.4 Å². The quantitative estimate of drug-likeness (QED) is 0.346. The molecule has 1 heterocycles. The summed E-state index contributed by atoms with van der Waals surface area (Å²) in [5.41, 5.74) is 3.42. The fraction of sp³-hybridized carbons (Fsp3) is 0.130. The van der Waals surface area contributed by atoms with Crippen molar-refractivity contribution in [2.45, 2.75) is 6.92 Å². The van der Waals surface area contributed by atoms with E-state index in [-0.39, 0.29) is 5.75 Å². The third-order valence-corrected chi connectivity index (χ3v) is 4.87. The number of aliphatic imine (C=N–C) groups is 1. The molecule has 0 bridgehead atoms. The van der Waals surface area contributed by atoms with Gasteiger partial charge >= 0.3 is 0 Å². The summed E-state index contributed by atoms with van der Waals surface area (Å²) in [7, 11) is 1.62. The summed E-state index contributed by atoms with van der Waals surface area (Å²) in [6, 6.07) is 16.5. The van der Waals surface area contributed by atoms with Crippen LogP contribution in [0.2, 0.25) is 0 Å². The standard InChI is InChI=1S/C23H19BrN2O4/c1-3-29-21-11-16(24)9-15(22(21)27)13-25-17-7-8-20-19(12-17)26-23(30-20)14-5-4-6-18(10-14)28-2/h4-13,27H,3H2,1-2H3. The molecule has 0 atom stereocenters. The molecule has 30 heavy (non-hydrogen) atoms. The number of ether oxygens (including phenoxy) is 2. The summed E-state index contributed by atoms with van der Waals surface area (Å²) < 4.78 is 17.4. The number of phenolic OH excluding ortho intramolecular Hbond substituents is 1. The molecule has 0 amide bonds. The number of rotatable bonds is 6. The Morgan fingerprint density at radius 3 is 2.83 bits per heavy atom. The van der Waals surface area contributed by atoms with Gasteiger partial charge in [0, 0.05) is 21.8 Å². The van der Waals surface area contributed by atoms with Crippen LogP contribution in [0.15, 0.2) is 68.5 Å². The molecule has 0 aliphatic heterocycles. The van der Waals surface area contributed by atoms with Crippen LogP contribution in [-0.2, 0) is 0 Å². The summed E-state index contributed by atoms with van der Waals surface area (Å²) in [5, 5.41) is 10.4. The van der Waals surface area contributed by atoms with Gasteiger partial charge in [0.25, 0.3) is 0 Å². The number of oxazole rings is 1. The van der Waals surface area contributed by atoms with E-state index in [1.165, 1.54) is 0 Å². The highest BCUT2D eigenvalue weighted by atomic mass is 79.9. The highest BCUT2D eigenvalue weighted by Crippen LogP contribution is 2.34. The summed E-state index contributed by atoms with van der Waals surface area (Å²) in [4.78, 5) is 9.05. The fourth-order valence-corrected chi connectivity index (χ4v) is 3.43. The Kier molecular flexibility index (Phi) is 5.72. The maximum absolute atomic E-state index is 10.4. The van der Waals surface area contributed by atoms with Crippen LogP contribution in [0, 0.1) is 0 Å². The fourth-order valence-electron chi connectivity index (χ4n) is 2.98. The average Bonchev–Trinajstić information content (AvgIpc) is 3.18. The summed E-state index contributed by atoms with van der Waals surface area (Å²) >= 11 is 3.43. The van der Waals surface area contributed by atoms with E-state index >= 15 is 0 Å². The van der Waals surface area contributed by atoms with E-state index < -0.39 is 0 Å². The lowest BCUT2D eigenvalue weighted by molar-refractivity contribution is 0.317. The molecule has 0 saturated heterocycles. The molecule has 0 saturated carbocycles. The van der Waals surface area contributed by atoms with Gasteiger partial charge in [0.1, 0.15) is 11.3 Å². The zero-order valence-electron chi connectivity index (χ0n) is 16.4. The van der Waals surface area contributed by atoms with E-state index in [4.69, 9.17) is 13.9 Å². The number of fused-ring (bicyclic) bond motifs is 1. The Bertz CT molecular complexity index is 1230. The predicted molar refractivity (Wildman–Crippen MR) is 120 cm³/mol. The molecule has 6 nitrogen and oxygen atoms in total. The first-order valence-electron chi connectivity index (χ1n) is 9.31. The molecule has 152 valence electrons. The lowest BCUT2D eigenvalue weighted by Gasteiger charge is -2.08. The van der Waals surface area contributed by atoms with Gasteiger partial charge in [-0.05, 0) is 55.5 Å². The predicted octanol–water partition coefficient (Wildman–Crippen LogP) is 6.12. The Hall–Kier alpha value is -3.32. The summed E-state index contributed by atoms with van der Waals surface area (Å²) in [5.74, 6) is 1.70. The smallest absolute Gasteiger partial charge is 0.227 e. The molecule has 0 radical (unpaired) electrons. The van der Waals surface area contributed by atoms with Crippen LogP contribution < -0.4 is 9.47 Å². The van der Waals surface area contributed by atoms with Crippen LogP contribution in [0.5, 0.6) is 17.2 Å². The van der Waals surface area contributed by atoms with Crippen molar-refractivity contribution >= 4 is 38.9 Å². The summed E-state index contributed by atoms with van der Waals surface area (Å²) in [6.45, 7) is 2.32. The number of phenols is 1. The monoisotopic (exact) mass is 466 g/mol. The van der Waals surface area contributed by atoms with Gasteiger partial charge in [0.15, 0.2) is 17.1 Å². The zero-order valence-corrected chi connectivity index (χ0v) is 18.0. The summed E-state index contributed by atoms with van der Waals surface area (Å²) in [6.07, 6.45) is 1.59. The SMILES string of the molecule is CCOc1cc(Br)cc(C=Nc2ccc3oc(-c4cccc(OC)c4)nc3c2)c1O. The Balaban J connectivity index is 1.64. The minimum Gasteiger partial charge on any atom is -0.504 e. The average molecular weight is 467 g/mol. The maximum atomic E-state index is 10.4. The molecular formula is C23H19BrN2O4. The van der Waals surface area contributed by atoms with Crippen LogP contribution in [0.25, 0.3) is 22.6 Å². The molecule has 4 rings (SSSR count). The van der Waals surface area contributed by atoms with Crippen molar-refractivity contribution < 1.29 is 19.0 Å². The highest BCUT2D eigenvalue weighted by Gasteiger charge is 2.11. The first kappa shape index (κ1) is 20.0. The van der Waals surface area contributed by atoms with Crippen molar-refractivity contribution in [1.29, 1.82) is 0 Å².